The summed E-state index contributed by atoms with van der Waals surface area (Å²) in [5.74, 6) is -0.487. The molecule has 1 fully saturated rings. The van der Waals surface area contributed by atoms with Gasteiger partial charge in [0.15, 0.2) is 0 Å². The fourth-order valence-corrected chi connectivity index (χ4v) is 3.67. The molecule has 3 rings (SSSR count). The molecule has 0 radical (unpaired) electrons. The van der Waals surface area contributed by atoms with E-state index in [2.05, 4.69) is 4.90 Å². The minimum atomic E-state index is -0.406. The SMILES string of the molecule is COCC(=O)N(c1ccc(F)cc1)C1CCN(Cc2ccc([N+](=O)[O-])cc2)CC1. The van der Waals surface area contributed by atoms with Crippen LogP contribution in [0.5, 0.6) is 0 Å². The van der Waals surface area contributed by atoms with Crippen molar-refractivity contribution in [1.29, 1.82) is 0 Å². The van der Waals surface area contributed by atoms with Crippen molar-refractivity contribution in [1.82, 2.24) is 4.90 Å². The van der Waals surface area contributed by atoms with Gasteiger partial charge in [0.2, 0.25) is 0 Å². The Morgan fingerprint density at radius 1 is 1.17 bits per heavy atom. The molecule has 0 bridgehead atoms. The molecule has 0 unspecified atom stereocenters. The van der Waals surface area contributed by atoms with E-state index in [9.17, 15) is 19.3 Å². The van der Waals surface area contributed by atoms with Gasteiger partial charge in [-0.2, -0.15) is 0 Å². The number of anilines is 1. The van der Waals surface area contributed by atoms with Crippen molar-refractivity contribution in [2.45, 2.75) is 25.4 Å². The number of nitro benzene ring substituents is 1. The maximum absolute atomic E-state index is 13.3. The smallest absolute Gasteiger partial charge is 0.269 e. The first-order valence-corrected chi connectivity index (χ1v) is 9.50. The van der Waals surface area contributed by atoms with Crippen LogP contribution in [0.25, 0.3) is 0 Å². The molecule has 8 heteroatoms. The zero-order valence-electron chi connectivity index (χ0n) is 16.3. The number of likely N-dealkylation sites (tertiary alicyclic amines) is 1. The van der Waals surface area contributed by atoms with E-state index in [0.717, 1.165) is 31.5 Å². The van der Waals surface area contributed by atoms with E-state index in [1.54, 1.807) is 29.2 Å². The van der Waals surface area contributed by atoms with Gasteiger partial charge in [-0.1, -0.05) is 12.1 Å². The molecule has 2 aromatic carbocycles. The van der Waals surface area contributed by atoms with E-state index in [4.69, 9.17) is 4.74 Å². The monoisotopic (exact) mass is 401 g/mol. The van der Waals surface area contributed by atoms with Crippen molar-refractivity contribution in [3.8, 4) is 0 Å². The fourth-order valence-electron chi connectivity index (χ4n) is 3.67. The summed E-state index contributed by atoms with van der Waals surface area (Å²) in [4.78, 5) is 27.0. The number of nitrogens with zero attached hydrogens (tertiary/aromatic N) is 3. The summed E-state index contributed by atoms with van der Waals surface area (Å²) in [6.45, 7) is 2.26. The summed E-state index contributed by atoms with van der Waals surface area (Å²) < 4.78 is 18.3. The minimum absolute atomic E-state index is 0.0104. The zero-order chi connectivity index (χ0) is 20.8. The van der Waals surface area contributed by atoms with Crippen molar-refractivity contribution in [2.75, 3.05) is 31.7 Å². The van der Waals surface area contributed by atoms with Gasteiger partial charge in [-0.15, -0.1) is 0 Å². The van der Waals surface area contributed by atoms with Gasteiger partial charge < -0.3 is 9.64 Å². The van der Waals surface area contributed by atoms with Gasteiger partial charge in [0.1, 0.15) is 12.4 Å². The molecule has 0 saturated carbocycles. The third-order valence-corrected chi connectivity index (χ3v) is 5.12. The maximum atomic E-state index is 13.3. The van der Waals surface area contributed by atoms with Gasteiger partial charge in [0.05, 0.1) is 4.92 Å². The van der Waals surface area contributed by atoms with Crippen LogP contribution in [0.15, 0.2) is 48.5 Å². The van der Waals surface area contributed by atoms with Gasteiger partial charge in [0.25, 0.3) is 11.6 Å². The standard InChI is InChI=1S/C21H24FN3O4/c1-29-15-21(26)24(18-8-4-17(22)5-9-18)19-10-12-23(13-11-19)14-16-2-6-20(7-3-16)25(27)28/h2-9,19H,10-15H2,1H3. The van der Waals surface area contributed by atoms with Crippen molar-refractivity contribution in [2.24, 2.45) is 0 Å². The van der Waals surface area contributed by atoms with Gasteiger partial charge in [-0.3, -0.25) is 19.8 Å². The molecule has 1 aliphatic rings. The molecule has 1 heterocycles. The second kappa shape index (κ2) is 9.58. The second-order valence-electron chi connectivity index (χ2n) is 7.10. The van der Waals surface area contributed by atoms with Gasteiger partial charge in [-0.25, -0.2) is 4.39 Å². The molecule has 0 atom stereocenters. The largest absolute Gasteiger partial charge is 0.375 e. The number of piperidine rings is 1. The third-order valence-electron chi connectivity index (χ3n) is 5.12. The molecule has 7 nitrogen and oxygen atoms in total. The first-order chi connectivity index (χ1) is 14.0. The average molecular weight is 401 g/mol. The number of non-ortho nitro benzene ring substituents is 1. The Hall–Kier alpha value is -2.84. The molecule has 0 spiro atoms. The molecule has 1 aliphatic heterocycles. The van der Waals surface area contributed by atoms with E-state index < -0.39 is 4.92 Å². The Bertz CT molecular complexity index is 834. The molecular formula is C21H24FN3O4. The van der Waals surface area contributed by atoms with Crippen molar-refractivity contribution >= 4 is 17.3 Å². The van der Waals surface area contributed by atoms with Crippen LogP contribution in [0, 0.1) is 15.9 Å². The van der Waals surface area contributed by atoms with Crippen LogP contribution < -0.4 is 4.90 Å². The van der Waals surface area contributed by atoms with Crippen LogP contribution >= 0.6 is 0 Å². The predicted octanol–water partition coefficient (Wildman–Crippen LogP) is 3.38. The lowest BCUT2D eigenvalue weighted by Gasteiger charge is -2.38. The van der Waals surface area contributed by atoms with Crippen molar-refractivity contribution in [3.63, 3.8) is 0 Å². The highest BCUT2D eigenvalue weighted by Gasteiger charge is 2.29. The topological polar surface area (TPSA) is 75.9 Å². The highest BCUT2D eigenvalue weighted by Crippen LogP contribution is 2.25. The molecular weight excluding hydrogens is 377 g/mol. The number of nitro groups is 1. The van der Waals surface area contributed by atoms with E-state index in [0.29, 0.717) is 12.2 Å². The Morgan fingerprint density at radius 3 is 2.34 bits per heavy atom. The third kappa shape index (κ3) is 5.36. The Labute approximate surface area is 168 Å². The lowest BCUT2D eigenvalue weighted by molar-refractivity contribution is -0.384. The van der Waals surface area contributed by atoms with Crippen LogP contribution in [0.2, 0.25) is 0 Å². The second-order valence-corrected chi connectivity index (χ2v) is 7.10. The number of ether oxygens (including phenoxy) is 1. The van der Waals surface area contributed by atoms with Crippen LogP contribution in [-0.4, -0.2) is 48.6 Å². The first-order valence-electron chi connectivity index (χ1n) is 9.50. The first kappa shape index (κ1) is 20.9. The molecule has 154 valence electrons. The number of hydrogen-bond acceptors (Lipinski definition) is 5. The number of benzene rings is 2. The number of amides is 1. The molecule has 1 saturated heterocycles. The number of hydrogen-bond donors (Lipinski definition) is 0. The number of carbonyl (C=O) groups is 1. The summed E-state index contributed by atoms with van der Waals surface area (Å²) in [7, 11) is 1.48. The number of carbonyl (C=O) groups excluding carboxylic acids is 1. The summed E-state index contributed by atoms with van der Waals surface area (Å²) in [6.07, 6.45) is 1.56. The maximum Gasteiger partial charge on any atom is 0.269 e. The van der Waals surface area contributed by atoms with Crippen LogP contribution in [0.4, 0.5) is 15.8 Å². The van der Waals surface area contributed by atoms with Gasteiger partial charge in [0, 0.05) is 50.6 Å². The fraction of sp³-hybridized carbons (Fsp3) is 0.381. The van der Waals surface area contributed by atoms with Crippen molar-refractivity contribution in [3.05, 3.63) is 70.0 Å². The molecule has 2 aromatic rings. The summed E-state index contributed by atoms with van der Waals surface area (Å²) in [5, 5.41) is 10.8. The Kier molecular flexibility index (Phi) is 6.90. The van der Waals surface area contributed by atoms with Crippen LogP contribution in [-0.2, 0) is 16.1 Å². The van der Waals surface area contributed by atoms with Gasteiger partial charge >= 0.3 is 0 Å². The van der Waals surface area contributed by atoms with E-state index in [-0.39, 0.29) is 30.1 Å². The predicted molar refractivity (Wildman–Crippen MR) is 107 cm³/mol. The Balaban J connectivity index is 1.64. The number of rotatable bonds is 7. The molecule has 29 heavy (non-hydrogen) atoms. The molecule has 0 aliphatic carbocycles. The lowest BCUT2D eigenvalue weighted by atomic mass is 10.0. The molecule has 0 N–H and O–H groups in total. The normalized spacial score (nSPS) is 15.2. The summed E-state index contributed by atoms with van der Waals surface area (Å²) in [5.41, 5.74) is 1.77. The highest BCUT2D eigenvalue weighted by atomic mass is 19.1. The number of halogens is 1. The lowest BCUT2D eigenvalue weighted by Crippen LogP contribution is -2.48. The Morgan fingerprint density at radius 2 is 1.79 bits per heavy atom. The highest BCUT2D eigenvalue weighted by molar-refractivity contribution is 5.94. The van der Waals surface area contributed by atoms with E-state index in [1.807, 2.05) is 0 Å². The van der Waals surface area contributed by atoms with Crippen LogP contribution in [0.3, 0.4) is 0 Å². The summed E-state index contributed by atoms with van der Waals surface area (Å²) in [6, 6.07) is 12.5. The van der Waals surface area contributed by atoms with E-state index >= 15 is 0 Å². The van der Waals surface area contributed by atoms with Crippen molar-refractivity contribution < 1.29 is 18.8 Å². The molecule has 0 aromatic heterocycles. The molecule has 1 amide bonds. The van der Waals surface area contributed by atoms with E-state index in [1.165, 1.54) is 31.4 Å². The quantitative estimate of drug-likeness (QED) is 0.525. The zero-order valence-corrected chi connectivity index (χ0v) is 16.3. The van der Waals surface area contributed by atoms with Crippen LogP contribution in [0.1, 0.15) is 18.4 Å². The average Bonchev–Trinajstić information content (AvgIpc) is 2.71. The minimum Gasteiger partial charge on any atom is -0.375 e. The summed E-state index contributed by atoms with van der Waals surface area (Å²) >= 11 is 0. The van der Waals surface area contributed by atoms with Gasteiger partial charge in [-0.05, 0) is 42.7 Å². The number of methoxy groups -OCH3 is 1.